The predicted molar refractivity (Wildman–Crippen MR) is 77.3 cm³/mol. The fraction of sp³-hybridized carbons (Fsp3) is 0.333. The molecule has 104 valence electrons. The van der Waals surface area contributed by atoms with Crippen molar-refractivity contribution in [1.82, 2.24) is 9.97 Å². The highest BCUT2D eigenvalue weighted by molar-refractivity contribution is 5.48. The Labute approximate surface area is 117 Å². The Balaban J connectivity index is 1.59. The van der Waals surface area contributed by atoms with Gasteiger partial charge in [0, 0.05) is 31.5 Å². The van der Waals surface area contributed by atoms with Gasteiger partial charge in [-0.1, -0.05) is 12.1 Å². The highest BCUT2D eigenvalue weighted by Crippen LogP contribution is 2.23. The first-order valence-corrected chi connectivity index (χ1v) is 6.86. The maximum Gasteiger partial charge on any atom is 0.222 e. The van der Waals surface area contributed by atoms with Crippen LogP contribution in [0.3, 0.4) is 0 Å². The molecule has 1 aromatic carbocycles. The molecule has 0 bridgehead atoms. The van der Waals surface area contributed by atoms with Crippen molar-refractivity contribution in [3.8, 4) is 0 Å². The van der Waals surface area contributed by atoms with Crippen molar-refractivity contribution in [1.29, 1.82) is 0 Å². The van der Waals surface area contributed by atoms with E-state index in [-0.39, 0.29) is 5.82 Å². The van der Waals surface area contributed by atoms with Crippen molar-refractivity contribution in [2.45, 2.75) is 18.9 Å². The first-order valence-electron chi connectivity index (χ1n) is 6.86. The lowest BCUT2D eigenvalue weighted by Crippen LogP contribution is -2.39. The predicted octanol–water partition coefficient (Wildman–Crippen LogP) is 2.70. The molecule has 1 aliphatic heterocycles. The third kappa shape index (κ3) is 2.87. The fourth-order valence-electron chi connectivity index (χ4n) is 2.53. The molecule has 0 aliphatic carbocycles. The van der Waals surface area contributed by atoms with Crippen LogP contribution >= 0.6 is 0 Å². The van der Waals surface area contributed by atoms with E-state index in [1.54, 1.807) is 24.5 Å². The minimum absolute atomic E-state index is 0.148. The van der Waals surface area contributed by atoms with Crippen LogP contribution in [0.15, 0.2) is 42.7 Å². The standard InChI is InChI=1S/C15H17FN4/c16-13-4-1-2-5-14(13)20-10-6-12(7-11-20)19-15-17-8-3-9-18-15/h1-5,8-9,12H,6-7,10-11H2,(H,17,18,19). The Morgan fingerprint density at radius 1 is 1.05 bits per heavy atom. The fourth-order valence-corrected chi connectivity index (χ4v) is 2.53. The highest BCUT2D eigenvalue weighted by Gasteiger charge is 2.21. The van der Waals surface area contributed by atoms with Crippen molar-refractivity contribution in [2.24, 2.45) is 0 Å². The molecule has 1 aliphatic rings. The van der Waals surface area contributed by atoms with E-state index in [4.69, 9.17) is 0 Å². The molecule has 0 spiro atoms. The molecule has 1 saturated heterocycles. The summed E-state index contributed by atoms with van der Waals surface area (Å²) < 4.78 is 13.7. The van der Waals surface area contributed by atoms with Gasteiger partial charge in [-0.2, -0.15) is 0 Å². The number of nitrogens with one attached hydrogen (secondary N) is 1. The number of benzene rings is 1. The zero-order valence-corrected chi connectivity index (χ0v) is 11.2. The molecular formula is C15H17FN4. The lowest BCUT2D eigenvalue weighted by atomic mass is 10.0. The van der Waals surface area contributed by atoms with E-state index >= 15 is 0 Å². The largest absolute Gasteiger partial charge is 0.369 e. The van der Waals surface area contributed by atoms with Gasteiger partial charge in [0.2, 0.25) is 5.95 Å². The zero-order chi connectivity index (χ0) is 13.8. The number of piperidine rings is 1. The Bertz CT molecular complexity index is 553. The number of para-hydroxylation sites is 1. The molecule has 20 heavy (non-hydrogen) atoms. The van der Waals surface area contributed by atoms with E-state index in [1.807, 2.05) is 12.1 Å². The average Bonchev–Trinajstić information content (AvgIpc) is 2.50. The Morgan fingerprint density at radius 2 is 1.75 bits per heavy atom. The summed E-state index contributed by atoms with van der Waals surface area (Å²) in [5, 5.41) is 3.32. The Morgan fingerprint density at radius 3 is 2.45 bits per heavy atom. The summed E-state index contributed by atoms with van der Waals surface area (Å²) in [7, 11) is 0. The van der Waals surface area contributed by atoms with Crippen LogP contribution in [-0.2, 0) is 0 Å². The van der Waals surface area contributed by atoms with Gasteiger partial charge in [0.15, 0.2) is 0 Å². The quantitative estimate of drug-likeness (QED) is 0.932. The molecule has 0 amide bonds. The summed E-state index contributed by atoms with van der Waals surface area (Å²) in [4.78, 5) is 10.4. The lowest BCUT2D eigenvalue weighted by molar-refractivity contribution is 0.514. The number of hydrogen-bond acceptors (Lipinski definition) is 4. The minimum atomic E-state index is -0.148. The van der Waals surface area contributed by atoms with E-state index in [9.17, 15) is 4.39 Å². The van der Waals surface area contributed by atoms with Crippen LogP contribution in [0.2, 0.25) is 0 Å². The van der Waals surface area contributed by atoms with Gasteiger partial charge in [0.25, 0.3) is 0 Å². The van der Waals surface area contributed by atoms with Crippen LogP contribution in [0, 0.1) is 5.82 Å². The molecule has 0 atom stereocenters. The van der Waals surface area contributed by atoms with Crippen molar-refractivity contribution in [3.05, 3.63) is 48.5 Å². The SMILES string of the molecule is Fc1ccccc1N1CCC(Nc2ncccn2)CC1. The summed E-state index contributed by atoms with van der Waals surface area (Å²) in [5.41, 5.74) is 0.696. The van der Waals surface area contributed by atoms with Crippen LogP contribution in [0.25, 0.3) is 0 Å². The van der Waals surface area contributed by atoms with Gasteiger partial charge in [0.1, 0.15) is 5.82 Å². The Kier molecular flexibility index (Phi) is 3.76. The van der Waals surface area contributed by atoms with E-state index in [0.29, 0.717) is 17.7 Å². The number of anilines is 2. The molecule has 0 saturated carbocycles. The summed E-state index contributed by atoms with van der Waals surface area (Å²) in [6.07, 6.45) is 5.35. The lowest BCUT2D eigenvalue weighted by Gasteiger charge is -2.34. The third-order valence-corrected chi connectivity index (χ3v) is 3.59. The second kappa shape index (κ2) is 5.86. The van der Waals surface area contributed by atoms with Gasteiger partial charge >= 0.3 is 0 Å². The van der Waals surface area contributed by atoms with Crippen LogP contribution in [0.4, 0.5) is 16.0 Å². The second-order valence-electron chi connectivity index (χ2n) is 4.93. The minimum Gasteiger partial charge on any atom is -0.369 e. The van der Waals surface area contributed by atoms with E-state index < -0.39 is 0 Å². The van der Waals surface area contributed by atoms with Crippen LogP contribution in [-0.4, -0.2) is 29.1 Å². The highest BCUT2D eigenvalue weighted by atomic mass is 19.1. The average molecular weight is 272 g/mol. The first kappa shape index (κ1) is 12.8. The van der Waals surface area contributed by atoms with E-state index in [1.165, 1.54) is 6.07 Å². The van der Waals surface area contributed by atoms with Crippen LogP contribution in [0.5, 0.6) is 0 Å². The Hall–Kier alpha value is -2.17. The van der Waals surface area contributed by atoms with Crippen molar-refractivity contribution < 1.29 is 4.39 Å². The normalized spacial score (nSPS) is 16.1. The molecular weight excluding hydrogens is 255 g/mol. The summed E-state index contributed by atoms with van der Waals surface area (Å²) in [6.45, 7) is 1.68. The molecule has 1 N–H and O–H groups in total. The van der Waals surface area contributed by atoms with Crippen molar-refractivity contribution in [3.63, 3.8) is 0 Å². The summed E-state index contributed by atoms with van der Waals surface area (Å²) in [6, 6.07) is 9.09. The smallest absolute Gasteiger partial charge is 0.222 e. The van der Waals surface area contributed by atoms with Crippen LogP contribution < -0.4 is 10.2 Å². The van der Waals surface area contributed by atoms with Gasteiger partial charge < -0.3 is 10.2 Å². The van der Waals surface area contributed by atoms with E-state index in [2.05, 4.69) is 20.2 Å². The number of rotatable bonds is 3. The summed E-state index contributed by atoms with van der Waals surface area (Å²) >= 11 is 0. The van der Waals surface area contributed by atoms with Crippen molar-refractivity contribution in [2.75, 3.05) is 23.3 Å². The van der Waals surface area contributed by atoms with Crippen LogP contribution in [0.1, 0.15) is 12.8 Å². The molecule has 0 unspecified atom stereocenters. The zero-order valence-electron chi connectivity index (χ0n) is 11.2. The maximum atomic E-state index is 13.7. The van der Waals surface area contributed by atoms with Gasteiger partial charge in [0.05, 0.1) is 5.69 Å². The molecule has 5 heteroatoms. The maximum absolute atomic E-state index is 13.7. The number of nitrogens with zero attached hydrogens (tertiary/aromatic N) is 3. The molecule has 4 nitrogen and oxygen atoms in total. The molecule has 2 heterocycles. The summed E-state index contributed by atoms with van der Waals surface area (Å²) in [5.74, 6) is 0.516. The number of aromatic nitrogens is 2. The van der Waals surface area contributed by atoms with Crippen molar-refractivity contribution >= 4 is 11.6 Å². The van der Waals surface area contributed by atoms with Gasteiger partial charge in [-0.25, -0.2) is 14.4 Å². The van der Waals surface area contributed by atoms with E-state index in [0.717, 1.165) is 25.9 Å². The monoisotopic (exact) mass is 272 g/mol. The molecule has 3 rings (SSSR count). The second-order valence-corrected chi connectivity index (χ2v) is 4.93. The number of hydrogen-bond donors (Lipinski definition) is 1. The molecule has 0 radical (unpaired) electrons. The van der Waals surface area contributed by atoms with Gasteiger partial charge in [-0.3, -0.25) is 0 Å². The molecule has 1 aromatic heterocycles. The molecule has 2 aromatic rings. The number of halogens is 1. The molecule has 1 fully saturated rings. The van der Waals surface area contributed by atoms with Gasteiger partial charge in [-0.15, -0.1) is 0 Å². The first-order chi connectivity index (χ1) is 9.83. The van der Waals surface area contributed by atoms with Gasteiger partial charge in [-0.05, 0) is 31.0 Å². The topological polar surface area (TPSA) is 41.0 Å². The third-order valence-electron chi connectivity index (χ3n) is 3.59.